The quantitative estimate of drug-likeness (QED) is 0.396. The second-order valence-corrected chi connectivity index (χ2v) is 8.25. The van der Waals surface area contributed by atoms with Gasteiger partial charge in [0.05, 0.1) is 0 Å². The summed E-state index contributed by atoms with van der Waals surface area (Å²) in [6.07, 6.45) is 2.10. The highest BCUT2D eigenvalue weighted by Gasteiger charge is 2.50. The number of hydrogen-bond donors (Lipinski definition) is 2. The molecule has 1 fully saturated rings. The van der Waals surface area contributed by atoms with E-state index in [0.717, 1.165) is 5.82 Å². The first-order valence-electron chi connectivity index (χ1n) is 8.63. The van der Waals surface area contributed by atoms with Crippen LogP contribution in [0.2, 0.25) is 0 Å². The lowest BCUT2D eigenvalue weighted by molar-refractivity contribution is -0.0494. The molecule has 2 heterocycles. The zero-order chi connectivity index (χ0) is 20.9. The topological polar surface area (TPSA) is 105 Å². The third-order valence-corrected chi connectivity index (χ3v) is 6.03. The molecule has 0 aliphatic carbocycles. The number of hydrogen-bond acceptors (Lipinski definition) is 5. The van der Waals surface area contributed by atoms with E-state index < -0.39 is 15.5 Å². The first-order chi connectivity index (χ1) is 13.1. The van der Waals surface area contributed by atoms with E-state index in [0.29, 0.717) is 22.6 Å². The van der Waals surface area contributed by atoms with E-state index in [1.54, 1.807) is 10.6 Å². The van der Waals surface area contributed by atoms with Gasteiger partial charge in [-0.15, -0.1) is 16.8 Å². The number of piperidine rings is 1. The highest BCUT2D eigenvalue weighted by molar-refractivity contribution is 7.90. The summed E-state index contributed by atoms with van der Waals surface area (Å²) in [4.78, 5) is 4.42. The Labute approximate surface area is 161 Å². The summed E-state index contributed by atoms with van der Waals surface area (Å²) < 4.78 is 63.2. The van der Waals surface area contributed by atoms with Gasteiger partial charge in [0.25, 0.3) is 0 Å². The molecule has 1 saturated heterocycles. The third-order valence-electron chi connectivity index (χ3n) is 4.40. The number of aryl methyl sites for hydroxylation is 1. The van der Waals surface area contributed by atoms with Gasteiger partial charge in [-0.05, 0) is 19.8 Å². The van der Waals surface area contributed by atoms with Crippen molar-refractivity contribution in [1.29, 1.82) is 0 Å². The van der Waals surface area contributed by atoms with Crippen LogP contribution in [0, 0.1) is 6.92 Å². The molecule has 28 heavy (non-hydrogen) atoms. The minimum atomic E-state index is -5.29. The van der Waals surface area contributed by atoms with Gasteiger partial charge in [-0.25, -0.2) is 13.4 Å². The second kappa shape index (κ2) is 8.90. The van der Waals surface area contributed by atoms with Crippen molar-refractivity contribution in [3.8, 4) is 0 Å². The minimum absolute atomic E-state index is 0.211. The van der Waals surface area contributed by atoms with Crippen molar-refractivity contribution < 1.29 is 21.6 Å². The Kier molecular flexibility index (Phi) is 7.04. The summed E-state index contributed by atoms with van der Waals surface area (Å²) in [5.41, 5.74) is -5.28. The van der Waals surface area contributed by atoms with Crippen LogP contribution in [0.5, 0.6) is 0 Å². The van der Waals surface area contributed by atoms with Crippen LogP contribution in [0.3, 0.4) is 0 Å². The summed E-state index contributed by atoms with van der Waals surface area (Å²) in [7, 11) is -3.47. The van der Waals surface area contributed by atoms with Gasteiger partial charge in [0.15, 0.2) is 11.8 Å². The SMILES string of the molecule is C=CCNC(=NCc1nnc(C)n1C)NC1CCN(S(=O)(=O)C(F)(F)F)CC1. The van der Waals surface area contributed by atoms with Crippen LogP contribution in [0.4, 0.5) is 13.2 Å². The first kappa shape index (κ1) is 22.1. The summed E-state index contributed by atoms with van der Waals surface area (Å²) in [6.45, 7) is 5.71. The van der Waals surface area contributed by atoms with Crippen molar-refractivity contribution >= 4 is 16.0 Å². The standard InChI is InChI=1S/C15H24F3N7O2S/c1-4-7-19-14(20-10-13-23-22-11(2)24(13)3)21-12-5-8-25(9-6-12)28(26,27)15(16,17)18/h4,12H,1,5-10H2,2-3H3,(H2,19,20,21). The molecule has 0 radical (unpaired) electrons. The Morgan fingerprint density at radius 2 is 2.00 bits per heavy atom. The molecule has 0 saturated carbocycles. The van der Waals surface area contributed by atoms with Crippen molar-refractivity contribution in [2.45, 2.75) is 37.9 Å². The van der Waals surface area contributed by atoms with Crippen LogP contribution in [0.15, 0.2) is 17.6 Å². The Balaban J connectivity index is 1.99. The minimum Gasteiger partial charge on any atom is -0.354 e. The molecular formula is C15H24F3N7O2S. The highest BCUT2D eigenvalue weighted by Crippen LogP contribution is 2.28. The Bertz CT molecular complexity index is 812. The molecule has 0 bridgehead atoms. The van der Waals surface area contributed by atoms with Gasteiger partial charge in [-0.3, -0.25) is 0 Å². The lowest BCUT2D eigenvalue weighted by Gasteiger charge is -2.32. The lowest BCUT2D eigenvalue weighted by Crippen LogP contribution is -2.51. The van der Waals surface area contributed by atoms with E-state index in [1.807, 2.05) is 14.0 Å². The predicted molar refractivity (Wildman–Crippen MR) is 97.8 cm³/mol. The van der Waals surface area contributed by atoms with E-state index in [4.69, 9.17) is 0 Å². The molecule has 158 valence electrons. The van der Waals surface area contributed by atoms with Crippen LogP contribution >= 0.6 is 0 Å². The van der Waals surface area contributed by atoms with Crippen LogP contribution in [0.25, 0.3) is 0 Å². The van der Waals surface area contributed by atoms with E-state index >= 15 is 0 Å². The van der Waals surface area contributed by atoms with Gasteiger partial charge in [0.1, 0.15) is 12.4 Å². The molecule has 1 aliphatic heterocycles. The maximum Gasteiger partial charge on any atom is 0.511 e. The largest absolute Gasteiger partial charge is 0.511 e. The summed E-state index contributed by atoms with van der Waals surface area (Å²) in [6, 6.07) is -0.211. The third kappa shape index (κ3) is 5.22. The number of nitrogens with zero attached hydrogens (tertiary/aromatic N) is 5. The van der Waals surface area contributed by atoms with Crippen LogP contribution in [-0.2, 0) is 23.6 Å². The van der Waals surface area contributed by atoms with Crippen molar-refractivity contribution in [3.63, 3.8) is 0 Å². The van der Waals surface area contributed by atoms with Gasteiger partial charge in [0.2, 0.25) is 0 Å². The second-order valence-electron chi connectivity index (χ2n) is 6.33. The van der Waals surface area contributed by atoms with Gasteiger partial charge < -0.3 is 15.2 Å². The van der Waals surface area contributed by atoms with Gasteiger partial charge in [0, 0.05) is 32.7 Å². The highest BCUT2D eigenvalue weighted by atomic mass is 32.2. The number of halogens is 3. The lowest BCUT2D eigenvalue weighted by atomic mass is 10.1. The zero-order valence-electron chi connectivity index (χ0n) is 15.7. The van der Waals surface area contributed by atoms with Crippen LogP contribution in [-0.4, -0.2) is 64.6 Å². The summed E-state index contributed by atoms with van der Waals surface area (Å²) in [5, 5.41) is 14.1. The maximum absolute atomic E-state index is 12.7. The van der Waals surface area contributed by atoms with Crippen LogP contribution in [0.1, 0.15) is 24.5 Å². The van der Waals surface area contributed by atoms with E-state index in [1.165, 1.54) is 0 Å². The fourth-order valence-electron chi connectivity index (χ4n) is 2.64. The summed E-state index contributed by atoms with van der Waals surface area (Å²) in [5.74, 6) is 1.85. The normalized spacial score (nSPS) is 17.5. The average molecular weight is 423 g/mol. The van der Waals surface area contributed by atoms with E-state index in [2.05, 4.69) is 32.4 Å². The Hall–Kier alpha value is -2.15. The van der Waals surface area contributed by atoms with Gasteiger partial charge in [-0.1, -0.05) is 6.08 Å². The molecule has 1 aliphatic rings. The molecular weight excluding hydrogens is 399 g/mol. The molecule has 1 aromatic rings. The monoisotopic (exact) mass is 423 g/mol. The van der Waals surface area contributed by atoms with E-state index in [-0.39, 0.29) is 38.5 Å². The molecule has 0 amide bonds. The Morgan fingerprint density at radius 1 is 1.36 bits per heavy atom. The van der Waals surface area contributed by atoms with Crippen molar-refractivity contribution in [2.24, 2.45) is 12.0 Å². The number of guanidine groups is 1. The number of aliphatic imine (C=N–C) groups is 1. The molecule has 0 unspecified atom stereocenters. The van der Waals surface area contributed by atoms with E-state index in [9.17, 15) is 21.6 Å². The molecule has 13 heteroatoms. The molecule has 0 atom stereocenters. The maximum atomic E-state index is 12.7. The Morgan fingerprint density at radius 3 is 2.50 bits per heavy atom. The first-order valence-corrected chi connectivity index (χ1v) is 10.1. The fraction of sp³-hybridized carbons (Fsp3) is 0.667. The molecule has 0 spiro atoms. The predicted octanol–water partition coefficient (Wildman–Crippen LogP) is 0.659. The number of aromatic nitrogens is 3. The average Bonchev–Trinajstić information content (AvgIpc) is 2.95. The molecule has 1 aromatic heterocycles. The smallest absolute Gasteiger partial charge is 0.354 e. The fourth-order valence-corrected chi connectivity index (χ4v) is 3.62. The zero-order valence-corrected chi connectivity index (χ0v) is 16.5. The van der Waals surface area contributed by atoms with Gasteiger partial charge >= 0.3 is 15.5 Å². The van der Waals surface area contributed by atoms with Crippen molar-refractivity contribution in [1.82, 2.24) is 29.7 Å². The number of alkyl halides is 3. The molecule has 2 rings (SSSR count). The van der Waals surface area contributed by atoms with Crippen molar-refractivity contribution in [2.75, 3.05) is 19.6 Å². The van der Waals surface area contributed by atoms with Crippen LogP contribution < -0.4 is 10.6 Å². The number of nitrogens with one attached hydrogen (secondary N) is 2. The summed E-state index contributed by atoms with van der Waals surface area (Å²) >= 11 is 0. The van der Waals surface area contributed by atoms with Crippen molar-refractivity contribution in [3.05, 3.63) is 24.3 Å². The molecule has 0 aromatic carbocycles. The number of sulfonamides is 1. The number of rotatable bonds is 6. The molecule has 9 nitrogen and oxygen atoms in total. The molecule has 2 N–H and O–H groups in total. The van der Waals surface area contributed by atoms with Gasteiger partial charge in [-0.2, -0.15) is 17.5 Å².